The Balaban J connectivity index is 1.80. The molecule has 0 aliphatic carbocycles. The van der Waals surface area contributed by atoms with Gasteiger partial charge < -0.3 is 4.90 Å². The van der Waals surface area contributed by atoms with Gasteiger partial charge >= 0.3 is 0 Å². The molecule has 0 radical (unpaired) electrons. The van der Waals surface area contributed by atoms with Gasteiger partial charge in [-0.15, -0.1) is 5.10 Å². The molecule has 2 heterocycles. The van der Waals surface area contributed by atoms with Crippen LogP contribution in [0.5, 0.6) is 0 Å². The monoisotopic (exact) mass is 289 g/mol. The first kappa shape index (κ1) is 13.7. The summed E-state index contributed by atoms with van der Waals surface area (Å²) in [5, 5.41) is 10.7. The van der Waals surface area contributed by atoms with E-state index >= 15 is 0 Å². The first-order valence-electron chi connectivity index (χ1n) is 6.89. The van der Waals surface area contributed by atoms with E-state index in [4.69, 9.17) is 0 Å². The van der Waals surface area contributed by atoms with Crippen molar-refractivity contribution in [3.8, 4) is 0 Å². The predicted molar refractivity (Wildman–Crippen MR) is 72.5 cm³/mol. The van der Waals surface area contributed by atoms with E-state index in [0.29, 0.717) is 12.5 Å². The van der Waals surface area contributed by atoms with E-state index in [9.17, 15) is 9.18 Å². The first-order chi connectivity index (χ1) is 10.1. The molecule has 3 rings (SSSR count). The van der Waals surface area contributed by atoms with Crippen LogP contribution in [0.15, 0.2) is 30.6 Å². The first-order valence-corrected chi connectivity index (χ1v) is 6.89. The van der Waals surface area contributed by atoms with Crippen LogP contribution in [0, 0.1) is 11.7 Å². The second kappa shape index (κ2) is 5.59. The standard InChI is InChI=1S/C14H16FN5O/c1-10-5-13(11-3-2-4-12(15)6-11)20(7-10)14(21)8-19-9-16-17-18-19/h2-4,6,9-10,13H,5,7-8H2,1H3. The molecule has 1 saturated heterocycles. The van der Waals surface area contributed by atoms with Crippen LogP contribution < -0.4 is 0 Å². The average Bonchev–Trinajstić information content (AvgIpc) is 3.08. The van der Waals surface area contributed by atoms with Crippen LogP contribution in [-0.4, -0.2) is 37.6 Å². The quantitative estimate of drug-likeness (QED) is 0.857. The fourth-order valence-electron chi connectivity index (χ4n) is 2.83. The molecule has 2 aromatic rings. The van der Waals surface area contributed by atoms with Gasteiger partial charge in [0.15, 0.2) is 0 Å². The van der Waals surface area contributed by atoms with E-state index in [1.54, 1.807) is 11.0 Å². The highest BCUT2D eigenvalue weighted by molar-refractivity contribution is 5.76. The average molecular weight is 289 g/mol. The van der Waals surface area contributed by atoms with Crippen LogP contribution in [0.4, 0.5) is 4.39 Å². The van der Waals surface area contributed by atoms with Gasteiger partial charge in [0.25, 0.3) is 0 Å². The molecule has 0 bridgehead atoms. The summed E-state index contributed by atoms with van der Waals surface area (Å²) < 4.78 is 14.8. The fraction of sp³-hybridized carbons (Fsp3) is 0.429. The highest BCUT2D eigenvalue weighted by Crippen LogP contribution is 2.35. The molecule has 1 aliphatic heterocycles. The molecule has 1 aromatic heterocycles. The predicted octanol–water partition coefficient (Wildman–Crippen LogP) is 1.42. The molecule has 0 saturated carbocycles. The molecule has 2 unspecified atom stereocenters. The molecule has 6 nitrogen and oxygen atoms in total. The molecule has 0 N–H and O–H groups in total. The Morgan fingerprint density at radius 3 is 3.05 bits per heavy atom. The summed E-state index contributed by atoms with van der Waals surface area (Å²) in [5.41, 5.74) is 0.837. The minimum Gasteiger partial charge on any atom is -0.334 e. The van der Waals surface area contributed by atoms with Gasteiger partial charge in [0, 0.05) is 6.54 Å². The van der Waals surface area contributed by atoms with Crippen LogP contribution in [0.2, 0.25) is 0 Å². The summed E-state index contributed by atoms with van der Waals surface area (Å²) in [6, 6.07) is 6.37. The Morgan fingerprint density at radius 2 is 2.33 bits per heavy atom. The van der Waals surface area contributed by atoms with Crippen molar-refractivity contribution in [2.45, 2.75) is 25.9 Å². The van der Waals surface area contributed by atoms with Gasteiger partial charge in [-0.05, 0) is 40.5 Å². The van der Waals surface area contributed by atoms with Crippen molar-refractivity contribution in [1.29, 1.82) is 0 Å². The Labute approximate surface area is 121 Å². The van der Waals surface area contributed by atoms with E-state index in [1.807, 2.05) is 6.07 Å². The molecule has 1 aliphatic rings. The van der Waals surface area contributed by atoms with Crippen LogP contribution >= 0.6 is 0 Å². The second-order valence-electron chi connectivity index (χ2n) is 5.47. The zero-order valence-electron chi connectivity index (χ0n) is 11.7. The molecule has 0 spiro atoms. The minimum absolute atomic E-state index is 0.0547. The summed E-state index contributed by atoms with van der Waals surface area (Å²) in [7, 11) is 0. The zero-order chi connectivity index (χ0) is 14.8. The number of hydrogen-bond acceptors (Lipinski definition) is 4. The van der Waals surface area contributed by atoms with E-state index in [0.717, 1.165) is 12.0 Å². The van der Waals surface area contributed by atoms with E-state index in [-0.39, 0.29) is 24.3 Å². The third-order valence-electron chi connectivity index (χ3n) is 3.75. The number of tetrazole rings is 1. The number of halogens is 1. The Bertz CT molecular complexity index is 630. The summed E-state index contributed by atoms with van der Waals surface area (Å²) in [4.78, 5) is 14.2. The van der Waals surface area contributed by atoms with Crippen molar-refractivity contribution in [1.82, 2.24) is 25.1 Å². The van der Waals surface area contributed by atoms with Crippen LogP contribution in [0.1, 0.15) is 24.9 Å². The van der Waals surface area contributed by atoms with Crippen molar-refractivity contribution in [3.63, 3.8) is 0 Å². The molecule has 7 heteroatoms. The molecular formula is C14H16FN5O. The van der Waals surface area contributed by atoms with Crippen LogP contribution in [0.25, 0.3) is 0 Å². The lowest BCUT2D eigenvalue weighted by Gasteiger charge is -2.25. The maximum Gasteiger partial charge on any atom is 0.244 e. The SMILES string of the molecule is CC1CC(c2cccc(F)c2)N(C(=O)Cn2cnnn2)C1. The number of aromatic nitrogens is 4. The van der Waals surface area contributed by atoms with Gasteiger partial charge in [0.05, 0.1) is 6.04 Å². The number of hydrogen-bond donors (Lipinski definition) is 0. The second-order valence-corrected chi connectivity index (χ2v) is 5.47. The fourth-order valence-corrected chi connectivity index (χ4v) is 2.83. The third kappa shape index (κ3) is 2.91. The maximum atomic E-state index is 13.4. The maximum absolute atomic E-state index is 13.4. The number of carbonyl (C=O) groups is 1. The molecule has 1 aromatic carbocycles. The summed E-state index contributed by atoms with van der Waals surface area (Å²) in [6.07, 6.45) is 2.25. The Kier molecular flexibility index (Phi) is 3.64. The molecule has 1 fully saturated rings. The highest BCUT2D eigenvalue weighted by atomic mass is 19.1. The van der Waals surface area contributed by atoms with Crippen molar-refractivity contribution in [3.05, 3.63) is 42.0 Å². The van der Waals surface area contributed by atoms with Crippen molar-refractivity contribution in [2.75, 3.05) is 6.54 Å². The normalized spacial score (nSPS) is 21.7. The molecular weight excluding hydrogens is 273 g/mol. The molecule has 2 atom stereocenters. The van der Waals surface area contributed by atoms with Gasteiger partial charge in [0.2, 0.25) is 5.91 Å². The molecule has 1 amide bonds. The van der Waals surface area contributed by atoms with Gasteiger partial charge in [-0.25, -0.2) is 9.07 Å². The largest absolute Gasteiger partial charge is 0.334 e. The van der Waals surface area contributed by atoms with E-state index in [1.165, 1.54) is 23.1 Å². The lowest BCUT2D eigenvalue weighted by atomic mass is 10.0. The number of carbonyl (C=O) groups excluding carboxylic acids is 1. The summed E-state index contributed by atoms with van der Waals surface area (Å²) in [5.74, 6) is 0.0527. The van der Waals surface area contributed by atoms with Crippen molar-refractivity contribution in [2.24, 2.45) is 5.92 Å². The summed E-state index contributed by atoms with van der Waals surface area (Å²) >= 11 is 0. The number of likely N-dealkylation sites (tertiary alicyclic amines) is 1. The Hall–Kier alpha value is -2.31. The Morgan fingerprint density at radius 1 is 1.48 bits per heavy atom. The number of nitrogens with zero attached hydrogens (tertiary/aromatic N) is 5. The van der Waals surface area contributed by atoms with Crippen molar-refractivity contribution >= 4 is 5.91 Å². The topological polar surface area (TPSA) is 63.9 Å². The zero-order valence-corrected chi connectivity index (χ0v) is 11.7. The lowest BCUT2D eigenvalue weighted by Crippen LogP contribution is -2.34. The van der Waals surface area contributed by atoms with Gasteiger partial charge in [-0.1, -0.05) is 19.1 Å². The van der Waals surface area contributed by atoms with Crippen LogP contribution in [0.3, 0.4) is 0 Å². The van der Waals surface area contributed by atoms with Gasteiger partial charge in [-0.3, -0.25) is 4.79 Å². The van der Waals surface area contributed by atoms with Gasteiger partial charge in [0.1, 0.15) is 18.7 Å². The number of rotatable bonds is 3. The number of benzene rings is 1. The van der Waals surface area contributed by atoms with Crippen molar-refractivity contribution < 1.29 is 9.18 Å². The van der Waals surface area contributed by atoms with E-state index in [2.05, 4.69) is 22.4 Å². The van der Waals surface area contributed by atoms with Crippen LogP contribution in [-0.2, 0) is 11.3 Å². The third-order valence-corrected chi connectivity index (χ3v) is 3.75. The van der Waals surface area contributed by atoms with Gasteiger partial charge in [-0.2, -0.15) is 0 Å². The van der Waals surface area contributed by atoms with E-state index < -0.39 is 0 Å². The molecule has 110 valence electrons. The lowest BCUT2D eigenvalue weighted by molar-refractivity contribution is -0.133. The minimum atomic E-state index is -0.278. The molecule has 21 heavy (non-hydrogen) atoms. The smallest absolute Gasteiger partial charge is 0.244 e. The highest BCUT2D eigenvalue weighted by Gasteiger charge is 2.34. The number of amides is 1. The summed E-state index contributed by atoms with van der Waals surface area (Å²) in [6.45, 7) is 2.87.